The molecule has 4 rings (SSSR count). The molecule has 18 heteroatoms. The summed E-state index contributed by atoms with van der Waals surface area (Å²) < 4.78 is 97.2. The van der Waals surface area contributed by atoms with E-state index in [9.17, 15) is 39.6 Å². The molecule has 0 aliphatic carbocycles. The van der Waals surface area contributed by atoms with Crippen LogP contribution in [0.5, 0.6) is 5.75 Å². The van der Waals surface area contributed by atoms with Gasteiger partial charge < -0.3 is 15.0 Å². The number of halogens is 5. The number of nitrogens with zero attached hydrogens (tertiary/aromatic N) is 1. The third kappa shape index (κ3) is 7.72. The van der Waals surface area contributed by atoms with Crippen LogP contribution < -0.4 is 26.0 Å². The van der Waals surface area contributed by atoms with Crippen LogP contribution in [0.1, 0.15) is 30.9 Å². The molecular weight excluding hydrogens is 660 g/mol. The summed E-state index contributed by atoms with van der Waals surface area (Å²) >= 11 is 12.6. The zero-order chi connectivity index (χ0) is 31.9. The van der Waals surface area contributed by atoms with Crippen LogP contribution >= 0.6 is 23.2 Å². The van der Waals surface area contributed by atoms with E-state index in [1.165, 1.54) is 25.1 Å². The minimum Gasteiger partial charge on any atom is -0.405 e. The number of H-pyrrole nitrogens is 1. The minimum absolute atomic E-state index is 0.00883. The molecule has 1 saturated heterocycles. The molecule has 1 aliphatic heterocycles. The Balaban J connectivity index is 1.91. The highest BCUT2D eigenvalue weighted by molar-refractivity contribution is 7.91. The van der Waals surface area contributed by atoms with Crippen LogP contribution in [0.4, 0.5) is 13.2 Å². The average molecular weight is 688 g/mol. The van der Waals surface area contributed by atoms with Crippen LogP contribution in [0, 0.1) is 0 Å². The summed E-state index contributed by atoms with van der Waals surface area (Å²) in [6, 6.07) is 3.20. The lowest BCUT2D eigenvalue weighted by Gasteiger charge is -2.26. The van der Waals surface area contributed by atoms with E-state index in [0.29, 0.717) is 24.0 Å². The second-order valence-electron chi connectivity index (χ2n) is 10.0. The first-order valence-corrected chi connectivity index (χ1v) is 17.2. The highest BCUT2D eigenvalue weighted by Gasteiger charge is 2.35. The van der Waals surface area contributed by atoms with Crippen LogP contribution in [-0.2, 0) is 32.8 Å². The van der Waals surface area contributed by atoms with Gasteiger partial charge in [0.1, 0.15) is 5.75 Å². The topological polar surface area (TPSA) is 156 Å². The van der Waals surface area contributed by atoms with Crippen molar-refractivity contribution in [3.05, 3.63) is 66.3 Å². The Bertz CT molecular complexity index is 1890. The van der Waals surface area contributed by atoms with Crippen LogP contribution in [-0.4, -0.2) is 63.4 Å². The van der Waals surface area contributed by atoms with Gasteiger partial charge in [-0.1, -0.05) is 30.1 Å². The number of aromatic amines is 1. The van der Waals surface area contributed by atoms with Gasteiger partial charge in [-0.2, -0.15) is 0 Å². The van der Waals surface area contributed by atoms with Crippen molar-refractivity contribution in [2.75, 3.05) is 18.6 Å². The first-order valence-electron chi connectivity index (χ1n) is 12.9. The number of rotatable bonds is 10. The predicted octanol–water partition coefficient (Wildman–Crippen LogP) is 2.95. The Morgan fingerprint density at radius 1 is 1.16 bits per heavy atom. The van der Waals surface area contributed by atoms with E-state index in [1.54, 1.807) is 0 Å². The van der Waals surface area contributed by atoms with E-state index in [1.807, 2.05) is 0 Å². The maximum absolute atomic E-state index is 13.5. The first-order chi connectivity index (χ1) is 19.9. The molecule has 2 aromatic carbocycles. The molecule has 1 aliphatic rings. The van der Waals surface area contributed by atoms with Gasteiger partial charge >= 0.3 is 12.1 Å². The van der Waals surface area contributed by atoms with E-state index >= 15 is 0 Å². The van der Waals surface area contributed by atoms with Crippen molar-refractivity contribution in [1.29, 1.82) is 0 Å². The summed E-state index contributed by atoms with van der Waals surface area (Å²) in [6.45, 7) is 1.38. The molecule has 3 aromatic rings. The van der Waals surface area contributed by atoms with E-state index in [0.717, 1.165) is 12.3 Å². The number of aromatic nitrogens is 2. The Hall–Kier alpha value is -2.63. The van der Waals surface area contributed by atoms with Gasteiger partial charge in [-0.15, -0.1) is 13.2 Å². The third-order valence-corrected chi connectivity index (χ3v) is 10.2. The number of sulfone groups is 1. The number of hydrogen-bond acceptors (Lipinski definition) is 8. The lowest BCUT2D eigenvalue weighted by molar-refractivity contribution is -0.274. The van der Waals surface area contributed by atoms with Crippen LogP contribution in [0.15, 0.2) is 38.8 Å². The average Bonchev–Trinajstić information content (AvgIpc) is 3.42. The fraction of sp³-hybridized carbons (Fsp3) is 0.440. The molecule has 0 saturated carbocycles. The zero-order valence-corrected chi connectivity index (χ0v) is 25.9. The van der Waals surface area contributed by atoms with Crippen molar-refractivity contribution >= 4 is 54.0 Å². The zero-order valence-electron chi connectivity index (χ0n) is 22.7. The SMILES string of the molecule is CCS(=O)(=O)c1ccc(Cl)cc1Cn1c(=O)[nH]c2c(Cl)c(C[C@H](NS(C)(=O)=O)C3CCCN3)c(OC(F)(F)F)cc2c1=O. The normalized spacial score (nSPS) is 17.0. The molecule has 1 fully saturated rings. The molecular formula is C25H27Cl2F3N4O7S2. The highest BCUT2D eigenvalue weighted by Crippen LogP contribution is 2.37. The molecule has 1 unspecified atom stereocenters. The second kappa shape index (κ2) is 12.4. The molecule has 2 heterocycles. The molecule has 1 aromatic heterocycles. The number of ether oxygens (including phenoxy) is 1. The Kier molecular flexibility index (Phi) is 9.59. The van der Waals surface area contributed by atoms with Gasteiger partial charge in [0, 0.05) is 22.7 Å². The fourth-order valence-electron chi connectivity index (χ4n) is 5.04. The summed E-state index contributed by atoms with van der Waals surface area (Å²) in [5.41, 5.74) is -2.70. The third-order valence-electron chi connectivity index (χ3n) is 6.94. The highest BCUT2D eigenvalue weighted by atomic mass is 35.5. The quantitative estimate of drug-likeness (QED) is 0.294. The first kappa shape index (κ1) is 33.3. The van der Waals surface area contributed by atoms with Crippen molar-refractivity contribution in [3.63, 3.8) is 0 Å². The standard InChI is InChI=1S/C25H27Cl2F3N4O7S2/c1-3-43(39,40)20-7-6-14(26)9-13(20)12-34-23(35)16-11-19(41-25(28,29)30)15(21(27)22(16)32-24(34)36)10-18(33-42(2,37)38)17-5-4-8-31-17/h6-7,9,11,17-18,31,33H,3-5,8,10,12H2,1-2H3,(H,32,36)/t17?,18-/m0/s1. The summed E-state index contributed by atoms with van der Waals surface area (Å²) in [7, 11) is -7.62. The van der Waals surface area contributed by atoms with Crippen molar-refractivity contribution in [2.24, 2.45) is 0 Å². The number of hydrogen-bond donors (Lipinski definition) is 3. The van der Waals surface area contributed by atoms with E-state index in [4.69, 9.17) is 23.2 Å². The van der Waals surface area contributed by atoms with Gasteiger partial charge in [-0.3, -0.25) is 9.36 Å². The fourth-order valence-corrected chi connectivity index (χ4v) is 7.46. The van der Waals surface area contributed by atoms with Crippen molar-refractivity contribution < 1.29 is 34.7 Å². The smallest absolute Gasteiger partial charge is 0.405 e. The predicted molar refractivity (Wildman–Crippen MR) is 155 cm³/mol. The van der Waals surface area contributed by atoms with Crippen LogP contribution in [0.3, 0.4) is 0 Å². The van der Waals surface area contributed by atoms with Gasteiger partial charge in [-0.05, 0) is 55.6 Å². The van der Waals surface area contributed by atoms with Gasteiger partial charge in [0.25, 0.3) is 5.56 Å². The molecule has 0 radical (unpaired) electrons. The summed E-state index contributed by atoms with van der Waals surface area (Å²) in [5.74, 6) is -1.15. The maximum Gasteiger partial charge on any atom is 0.573 e. The van der Waals surface area contributed by atoms with Crippen LogP contribution in [0.25, 0.3) is 10.9 Å². The van der Waals surface area contributed by atoms with Gasteiger partial charge in [0.15, 0.2) is 9.84 Å². The van der Waals surface area contributed by atoms with E-state index < -0.39 is 72.3 Å². The largest absolute Gasteiger partial charge is 0.573 e. The molecule has 0 bridgehead atoms. The van der Waals surface area contributed by atoms with Gasteiger partial charge in [0.05, 0.1) is 39.4 Å². The Morgan fingerprint density at radius 3 is 2.44 bits per heavy atom. The van der Waals surface area contributed by atoms with Crippen LogP contribution in [0.2, 0.25) is 10.0 Å². The van der Waals surface area contributed by atoms with Gasteiger partial charge in [-0.25, -0.2) is 26.4 Å². The Morgan fingerprint density at radius 2 is 1.86 bits per heavy atom. The molecule has 0 spiro atoms. The van der Waals surface area contributed by atoms with Crippen molar-refractivity contribution in [2.45, 2.75) is 56.1 Å². The van der Waals surface area contributed by atoms with E-state index in [2.05, 4.69) is 19.8 Å². The summed E-state index contributed by atoms with van der Waals surface area (Å²) in [5, 5.41) is 2.31. The molecule has 43 heavy (non-hydrogen) atoms. The lowest BCUT2D eigenvalue weighted by Crippen LogP contribution is -2.48. The summed E-state index contributed by atoms with van der Waals surface area (Å²) in [4.78, 5) is 28.9. The molecule has 0 amide bonds. The molecule has 2 atom stereocenters. The van der Waals surface area contributed by atoms with Gasteiger partial charge in [0.2, 0.25) is 10.0 Å². The number of sulfonamides is 1. The lowest BCUT2D eigenvalue weighted by atomic mass is 9.97. The monoisotopic (exact) mass is 686 g/mol. The summed E-state index contributed by atoms with van der Waals surface area (Å²) in [6.07, 6.45) is -3.47. The Labute approximate surface area is 254 Å². The number of alkyl halides is 3. The number of nitrogens with one attached hydrogen (secondary N) is 3. The van der Waals surface area contributed by atoms with Crippen molar-refractivity contribution in [3.8, 4) is 5.75 Å². The number of benzene rings is 2. The second-order valence-corrected chi connectivity index (χ2v) is 14.9. The van der Waals surface area contributed by atoms with Crippen molar-refractivity contribution in [1.82, 2.24) is 19.6 Å². The number of fused-ring (bicyclic) bond motifs is 1. The molecule has 3 N–H and O–H groups in total. The minimum atomic E-state index is -5.22. The maximum atomic E-state index is 13.5. The molecule has 236 valence electrons. The van der Waals surface area contributed by atoms with E-state index in [-0.39, 0.29) is 38.7 Å². The molecule has 11 nitrogen and oxygen atoms in total.